The number of rotatable bonds is 9. The van der Waals surface area contributed by atoms with Gasteiger partial charge in [-0.05, 0) is 12.0 Å². The van der Waals surface area contributed by atoms with Gasteiger partial charge in [-0.15, -0.1) is 0 Å². The fraction of sp³-hybridized carbons (Fsp3) is 0.353. The first-order valence-corrected chi connectivity index (χ1v) is 7.38. The van der Waals surface area contributed by atoms with Gasteiger partial charge in [0.05, 0.1) is 7.11 Å². The minimum atomic E-state index is -1.01. The lowest BCUT2D eigenvalue weighted by Crippen LogP contribution is -2.42. The number of esters is 2. The molecule has 0 fully saturated rings. The van der Waals surface area contributed by atoms with Gasteiger partial charge in [0.15, 0.2) is 0 Å². The van der Waals surface area contributed by atoms with Crippen molar-refractivity contribution in [3.05, 3.63) is 48.6 Å². The van der Waals surface area contributed by atoms with E-state index < -0.39 is 24.1 Å². The van der Waals surface area contributed by atoms with E-state index in [2.05, 4.69) is 16.6 Å². The highest BCUT2D eigenvalue weighted by Gasteiger charge is 2.24. The minimum absolute atomic E-state index is 0.00823. The number of alkyl carbamates (subject to hydrolysis) is 1. The molecule has 24 heavy (non-hydrogen) atoms. The normalized spacial score (nSPS) is 11.0. The second-order valence-electron chi connectivity index (χ2n) is 4.79. The maximum absolute atomic E-state index is 11.9. The average molecular weight is 335 g/mol. The van der Waals surface area contributed by atoms with Crippen LogP contribution >= 0.6 is 0 Å². The Labute approximate surface area is 140 Å². The maximum atomic E-state index is 11.9. The van der Waals surface area contributed by atoms with Crippen molar-refractivity contribution >= 4 is 18.0 Å². The van der Waals surface area contributed by atoms with Crippen LogP contribution < -0.4 is 5.32 Å². The molecule has 0 unspecified atom stereocenters. The maximum Gasteiger partial charge on any atom is 0.408 e. The van der Waals surface area contributed by atoms with E-state index in [0.29, 0.717) is 0 Å². The molecule has 0 aliphatic rings. The summed E-state index contributed by atoms with van der Waals surface area (Å²) in [6.07, 6.45) is 0.638. The second-order valence-corrected chi connectivity index (χ2v) is 4.79. The monoisotopic (exact) mass is 335 g/mol. The molecule has 7 nitrogen and oxygen atoms in total. The first kappa shape index (κ1) is 19.2. The Morgan fingerprint density at radius 2 is 1.92 bits per heavy atom. The third kappa shape index (κ3) is 7.44. The fourth-order valence-electron chi connectivity index (χ4n) is 1.76. The summed E-state index contributed by atoms with van der Waals surface area (Å²) in [5, 5.41) is 2.40. The molecule has 0 spiro atoms. The second kappa shape index (κ2) is 10.8. The van der Waals surface area contributed by atoms with Crippen molar-refractivity contribution in [2.75, 3.05) is 13.7 Å². The van der Waals surface area contributed by atoms with Crippen LogP contribution in [0.25, 0.3) is 0 Å². The SMILES string of the molecule is C=CCOC(=O)[C@H](CCC(=O)OC)NC(=O)OCc1ccccc1. The molecule has 7 heteroatoms. The van der Waals surface area contributed by atoms with Gasteiger partial charge in [-0.1, -0.05) is 43.0 Å². The Bertz CT molecular complexity index is 557. The summed E-state index contributed by atoms with van der Waals surface area (Å²) in [4.78, 5) is 35.0. The molecule has 0 saturated heterocycles. The van der Waals surface area contributed by atoms with Gasteiger partial charge in [-0.25, -0.2) is 9.59 Å². The third-order valence-corrected chi connectivity index (χ3v) is 3.00. The molecule has 0 aromatic heterocycles. The van der Waals surface area contributed by atoms with Gasteiger partial charge in [-0.2, -0.15) is 0 Å². The number of carbonyl (C=O) groups is 3. The van der Waals surface area contributed by atoms with E-state index in [1.165, 1.54) is 13.2 Å². The summed E-state index contributed by atoms with van der Waals surface area (Å²) < 4.78 is 14.5. The van der Waals surface area contributed by atoms with E-state index in [1.807, 2.05) is 18.2 Å². The topological polar surface area (TPSA) is 90.9 Å². The molecule has 0 bridgehead atoms. The molecule has 0 saturated carbocycles. The predicted octanol–water partition coefficient (Wildman–Crippen LogP) is 1.96. The molecule has 1 atom stereocenters. The number of amides is 1. The first-order chi connectivity index (χ1) is 11.6. The predicted molar refractivity (Wildman–Crippen MR) is 86.0 cm³/mol. The van der Waals surface area contributed by atoms with Crippen molar-refractivity contribution < 1.29 is 28.6 Å². The van der Waals surface area contributed by atoms with Crippen molar-refractivity contribution in [1.82, 2.24) is 5.32 Å². The third-order valence-electron chi connectivity index (χ3n) is 3.00. The molecule has 1 N–H and O–H groups in total. The molecular formula is C17H21NO6. The van der Waals surface area contributed by atoms with E-state index in [4.69, 9.17) is 9.47 Å². The summed E-state index contributed by atoms with van der Waals surface area (Å²) in [7, 11) is 1.24. The Balaban J connectivity index is 2.54. The summed E-state index contributed by atoms with van der Waals surface area (Å²) in [6, 6.07) is 8.10. The van der Waals surface area contributed by atoms with E-state index in [1.54, 1.807) is 12.1 Å². The molecule has 1 amide bonds. The van der Waals surface area contributed by atoms with Crippen LogP contribution in [-0.4, -0.2) is 37.8 Å². The van der Waals surface area contributed by atoms with E-state index >= 15 is 0 Å². The molecule has 0 aliphatic heterocycles. The summed E-state index contributed by atoms with van der Waals surface area (Å²) in [5.41, 5.74) is 0.813. The summed E-state index contributed by atoms with van der Waals surface area (Å²) in [5.74, 6) is -1.16. The van der Waals surface area contributed by atoms with Gasteiger partial charge in [0.1, 0.15) is 19.3 Å². The van der Waals surface area contributed by atoms with Crippen molar-refractivity contribution in [2.45, 2.75) is 25.5 Å². The van der Waals surface area contributed by atoms with Gasteiger partial charge in [0.2, 0.25) is 0 Å². The quantitative estimate of drug-likeness (QED) is 0.421. The lowest BCUT2D eigenvalue weighted by Gasteiger charge is -2.16. The standard InChI is InChI=1S/C17H21NO6/c1-3-11-23-16(20)14(9-10-15(19)22-2)18-17(21)24-12-13-7-5-4-6-8-13/h3-8,14H,1,9-12H2,2H3,(H,18,21)/t14-/m0/s1. The number of benzene rings is 1. The zero-order valence-electron chi connectivity index (χ0n) is 13.5. The van der Waals surface area contributed by atoms with Crippen molar-refractivity contribution in [3.8, 4) is 0 Å². The van der Waals surface area contributed by atoms with Crippen molar-refractivity contribution in [3.63, 3.8) is 0 Å². The number of nitrogens with one attached hydrogen (secondary N) is 1. The molecule has 0 radical (unpaired) electrons. The Morgan fingerprint density at radius 3 is 2.54 bits per heavy atom. The molecule has 0 heterocycles. The molecule has 1 aromatic carbocycles. The summed E-state index contributed by atoms with van der Waals surface area (Å²) >= 11 is 0. The highest BCUT2D eigenvalue weighted by atomic mass is 16.6. The minimum Gasteiger partial charge on any atom is -0.469 e. The molecule has 1 aromatic rings. The van der Waals surface area contributed by atoms with Crippen LogP contribution in [0.15, 0.2) is 43.0 Å². The largest absolute Gasteiger partial charge is 0.469 e. The number of hydrogen-bond donors (Lipinski definition) is 1. The van der Waals surface area contributed by atoms with Gasteiger partial charge < -0.3 is 19.5 Å². The Morgan fingerprint density at radius 1 is 1.21 bits per heavy atom. The highest BCUT2D eigenvalue weighted by Crippen LogP contribution is 2.05. The lowest BCUT2D eigenvalue weighted by molar-refractivity contribution is -0.145. The lowest BCUT2D eigenvalue weighted by atomic mass is 10.1. The zero-order chi connectivity index (χ0) is 17.8. The van der Waals surface area contributed by atoms with Crippen molar-refractivity contribution in [1.29, 1.82) is 0 Å². The van der Waals surface area contributed by atoms with Crippen LogP contribution in [0.4, 0.5) is 4.79 Å². The van der Waals surface area contributed by atoms with Crippen LogP contribution in [0.1, 0.15) is 18.4 Å². The average Bonchev–Trinajstić information content (AvgIpc) is 2.61. The molecular weight excluding hydrogens is 314 g/mol. The Kier molecular flexibility index (Phi) is 8.67. The van der Waals surface area contributed by atoms with Gasteiger partial charge >= 0.3 is 18.0 Å². The first-order valence-electron chi connectivity index (χ1n) is 7.38. The van der Waals surface area contributed by atoms with Gasteiger partial charge in [0, 0.05) is 6.42 Å². The smallest absolute Gasteiger partial charge is 0.408 e. The van der Waals surface area contributed by atoms with Crippen LogP contribution in [-0.2, 0) is 30.4 Å². The fourth-order valence-corrected chi connectivity index (χ4v) is 1.76. The number of methoxy groups -OCH3 is 1. The number of ether oxygens (including phenoxy) is 3. The van der Waals surface area contributed by atoms with Crippen LogP contribution in [0.2, 0.25) is 0 Å². The van der Waals surface area contributed by atoms with E-state index in [0.717, 1.165) is 5.56 Å². The van der Waals surface area contributed by atoms with Gasteiger partial charge in [-0.3, -0.25) is 4.79 Å². The number of hydrogen-bond acceptors (Lipinski definition) is 6. The van der Waals surface area contributed by atoms with Crippen LogP contribution in [0.3, 0.4) is 0 Å². The van der Waals surface area contributed by atoms with Gasteiger partial charge in [0.25, 0.3) is 0 Å². The van der Waals surface area contributed by atoms with Crippen LogP contribution in [0, 0.1) is 0 Å². The van der Waals surface area contributed by atoms with E-state index in [-0.39, 0.29) is 26.1 Å². The number of carbonyl (C=O) groups excluding carboxylic acids is 3. The molecule has 0 aliphatic carbocycles. The van der Waals surface area contributed by atoms with Crippen LogP contribution in [0.5, 0.6) is 0 Å². The van der Waals surface area contributed by atoms with Crippen molar-refractivity contribution in [2.24, 2.45) is 0 Å². The van der Waals surface area contributed by atoms with E-state index in [9.17, 15) is 14.4 Å². The zero-order valence-corrected chi connectivity index (χ0v) is 13.5. The molecule has 130 valence electrons. The highest BCUT2D eigenvalue weighted by molar-refractivity contribution is 5.82. The summed E-state index contributed by atoms with van der Waals surface area (Å²) in [6.45, 7) is 3.52. The Hall–Kier alpha value is -2.83. The molecule has 1 rings (SSSR count).